The molecule has 152 valence electrons. The van der Waals surface area contributed by atoms with Gasteiger partial charge >= 0.3 is 0 Å². The van der Waals surface area contributed by atoms with Crippen LogP contribution >= 0.6 is 11.8 Å². The molecule has 0 spiro atoms. The number of hydrogen-bond acceptors (Lipinski definition) is 5. The number of aromatic amines is 1. The van der Waals surface area contributed by atoms with Crippen molar-refractivity contribution in [3.05, 3.63) is 76.7 Å². The number of aromatic nitrogens is 4. The molecule has 30 heavy (non-hydrogen) atoms. The smallest absolute Gasteiger partial charge is 0.262 e. The van der Waals surface area contributed by atoms with Gasteiger partial charge in [0.15, 0.2) is 10.8 Å². The summed E-state index contributed by atoms with van der Waals surface area (Å²) >= 11 is 0.954. The number of nitrogens with one attached hydrogen (secondary N) is 2. The number of thioether (sulfide) groups is 1. The zero-order chi connectivity index (χ0) is 21.3. The van der Waals surface area contributed by atoms with Crippen molar-refractivity contribution in [2.75, 3.05) is 5.32 Å². The molecule has 7 nitrogen and oxygen atoms in total. The van der Waals surface area contributed by atoms with Gasteiger partial charge in [-0.25, -0.2) is 18.4 Å². The van der Waals surface area contributed by atoms with Crippen LogP contribution in [0.15, 0.2) is 64.7 Å². The van der Waals surface area contributed by atoms with E-state index in [0.29, 0.717) is 11.0 Å². The Kier molecular flexibility index (Phi) is 5.32. The Bertz CT molecular complexity index is 1270. The molecule has 1 atom stereocenters. The third kappa shape index (κ3) is 3.81. The predicted octanol–water partition coefficient (Wildman–Crippen LogP) is 3.51. The van der Waals surface area contributed by atoms with Crippen LogP contribution in [-0.2, 0) is 4.79 Å². The van der Waals surface area contributed by atoms with Crippen LogP contribution in [0.2, 0.25) is 0 Å². The summed E-state index contributed by atoms with van der Waals surface area (Å²) in [4.78, 5) is 31.8. The van der Waals surface area contributed by atoms with Gasteiger partial charge in [0.2, 0.25) is 5.91 Å². The van der Waals surface area contributed by atoms with E-state index < -0.39 is 34.0 Å². The van der Waals surface area contributed by atoms with Crippen LogP contribution in [0.1, 0.15) is 6.92 Å². The van der Waals surface area contributed by atoms with E-state index in [1.165, 1.54) is 23.9 Å². The van der Waals surface area contributed by atoms with Crippen LogP contribution in [0.3, 0.4) is 0 Å². The van der Waals surface area contributed by atoms with Crippen molar-refractivity contribution in [2.24, 2.45) is 0 Å². The SMILES string of the molecule is CC(Sc1nc2c(cnn2-c2ccccc2)c(=O)[nH]1)C(=O)Nc1c(F)cccc1F. The van der Waals surface area contributed by atoms with Crippen molar-refractivity contribution >= 4 is 34.4 Å². The van der Waals surface area contributed by atoms with Crippen molar-refractivity contribution in [3.8, 4) is 5.69 Å². The monoisotopic (exact) mass is 427 g/mol. The Balaban J connectivity index is 1.60. The topological polar surface area (TPSA) is 92.7 Å². The minimum atomic E-state index is -0.875. The lowest BCUT2D eigenvalue weighted by molar-refractivity contribution is -0.115. The number of carbonyl (C=O) groups excluding carboxylic acids is 1. The van der Waals surface area contributed by atoms with Gasteiger partial charge in [-0.3, -0.25) is 9.59 Å². The molecule has 4 aromatic rings. The van der Waals surface area contributed by atoms with Crippen molar-refractivity contribution in [1.29, 1.82) is 0 Å². The van der Waals surface area contributed by atoms with Gasteiger partial charge in [-0.1, -0.05) is 36.0 Å². The van der Waals surface area contributed by atoms with E-state index in [1.807, 2.05) is 30.3 Å². The Morgan fingerprint density at radius 3 is 2.53 bits per heavy atom. The highest BCUT2D eigenvalue weighted by Crippen LogP contribution is 2.24. The molecule has 0 saturated carbocycles. The third-order valence-corrected chi connectivity index (χ3v) is 5.27. The molecule has 2 aromatic heterocycles. The van der Waals surface area contributed by atoms with Gasteiger partial charge in [0.1, 0.15) is 22.7 Å². The zero-order valence-electron chi connectivity index (χ0n) is 15.6. The summed E-state index contributed by atoms with van der Waals surface area (Å²) in [6, 6.07) is 12.5. The third-order valence-electron chi connectivity index (χ3n) is 4.29. The Labute approximate surface area is 173 Å². The van der Waals surface area contributed by atoms with Gasteiger partial charge in [-0.2, -0.15) is 5.10 Å². The van der Waals surface area contributed by atoms with E-state index in [0.717, 1.165) is 29.6 Å². The molecule has 0 aliphatic heterocycles. The average Bonchev–Trinajstić information content (AvgIpc) is 3.16. The van der Waals surface area contributed by atoms with Gasteiger partial charge in [-0.15, -0.1) is 0 Å². The number of carbonyl (C=O) groups is 1. The quantitative estimate of drug-likeness (QED) is 0.376. The van der Waals surface area contributed by atoms with Gasteiger partial charge in [0.25, 0.3) is 5.56 Å². The molecule has 0 aliphatic rings. The first kappa shape index (κ1) is 19.8. The normalized spacial score (nSPS) is 12.1. The number of H-pyrrole nitrogens is 1. The fraction of sp³-hybridized carbons (Fsp3) is 0.100. The molecule has 0 saturated heterocycles. The molecule has 10 heteroatoms. The molecular formula is C20H15F2N5O2S. The molecule has 0 aliphatic carbocycles. The summed E-state index contributed by atoms with van der Waals surface area (Å²) in [5.74, 6) is -2.39. The first-order valence-corrected chi connectivity index (χ1v) is 9.77. The summed E-state index contributed by atoms with van der Waals surface area (Å²) in [5, 5.41) is 6.14. The lowest BCUT2D eigenvalue weighted by atomic mass is 10.3. The molecule has 0 radical (unpaired) electrons. The molecular weight excluding hydrogens is 412 g/mol. The van der Waals surface area contributed by atoms with E-state index in [9.17, 15) is 18.4 Å². The molecule has 2 N–H and O–H groups in total. The molecule has 0 fully saturated rings. The minimum Gasteiger partial charge on any atom is -0.320 e. The van der Waals surface area contributed by atoms with Crippen molar-refractivity contribution in [2.45, 2.75) is 17.3 Å². The number of fused-ring (bicyclic) bond motifs is 1. The fourth-order valence-electron chi connectivity index (χ4n) is 2.78. The van der Waals surface area contributed by atoms with Crippen LogP contribution in [0.25, 0.3) is 16.7 Å². The second kappa shape index (κ2) is 8.07. The molecule has 2 heterocycles. The van der Waals surface area contributed by atoms with E-state index in [1.54, 1.807) is 0 Å². The van der Waals surface area contributed by atoms with Gasteiger partial charge in [0.05, 0.1) is 17.1 Å². The lowest BCUT2D eigenvalue weighted by Crippen LogP contribution is -2.24. The second-order valence-corrected chi connectivity index (χ2v) is 7.68. The van der Waals surface area contributed by atoms with Gasteiger partial charge in [0, 0.05) is 0 Å². The number of halogens is 2. The van der Waals surface area contributed by atoms with Crippen LogP contribution in [-0.4, -0.2) is 30.9 Å². The molecule has 0 bridgehead atoms. The van der Waals surface area contributed by atoms with E-state index in [-0.39, 0.29) is 5.16 Å². The Hall–Kier alpha value is -3.53. The van der Waals surface area contributed by atoms with Crippen LogP contribution in [0.5, 0.6) is 0 Å². The predicted molar refractivity (Wildman–Crippen MR) is 110 cm³/mol. The number of hydrogen-bond donors (Lipinski definition) is 2. The Morgan fingerprint density at radius 2 is 1.83 bits per heavy atom. The lowest BCUT2D eigenvalue weighted by Gasteiger charge is -2.12. The highest BCUT2D eigenvalue weighted by Gasteiger charge is 2.20. The van der Waals surface area contributed by atoms with Gasteiger partial charge < -0.3 is 10.3 Å². The van der Waals surface area contributed by atoms with Crippen molar-refractivity contribution in [1.82, 2.24) is 19.7 Å². The maximum Gasteiger partial charge on any atom is 0.262 e. The second-order valence-electron chi connectivity index (χ2n) is 6.35. The summed E-state index contributed by atoms with van der Waals surface area (Å²) in [7, 11) is 0. The minimum absolute atomic E-state index is 0.182. The first-order valence-electron chi connectivity index (χ1n) is 8.89. The highest BCUT2D eigenvalue weighted by atomic mass is 32.2. The maximum atomic E-state index is 13.8. The molecule has 4 rings (SSSR count). The maximum absolute atomic E-state index is 13.8. The van der Waals surface area contributed by atoms with Crippen LogP contribution in [0, 0.1) is 11.6 Å². The van der Waals surface area contributed by atoms with Crippen molar-refractivity contribution < 1.29 is 13.6 Å². The number of anilines is 1. The largest absolute Gasteiger partial charge is 0.320 e. The summed E-state index contributed by atoms with van der Waals surface area (Å²) in [6.45, 7) is 1.54. The number of nitrogens with zero attached hydrogens (tertiary/aromatic N) is 3. The average molecular weight is 427 g/mol. The van der Waals surface area contributed by atoms with E-state index in [2.05, 4.69) is 20.4 Å². The highest BCUT2D eigenvalue weighted by molar-refractivity contribution is 8.00. The number of benzene rings is 2. The molecule has 1 amide bonds. The number of para-hydroxylation sites is 2. The van der Waals surface area contributed by atoms with Crippen LogP contribution in [0.4, 0.5) is 14.5 Å². The van der Waals surface area contributed by atoms with E-state index >= 15 is 0 Å². The van der Waals surface area contributed by atoms with Crippen molar-refractivity contribution in [3.63, 3.8) is 0 Å². The van der Waals surface area contributed by atoms with Crippen LogP contribution < -0.4 is 10.9 Å². The zero-order valence-corrected chi connectivity index (χ0v) is 16.4. The van der Waals surface area contributed by atoms with E-state index in [4.69, 9.17) is 0 Å². The summed E-state index contributed by atoms with van der Waals surface area (Å²) in [6.07, 6.45) is 1.42. The standard InChI is InChI=1S/C20H15F2N5O2S/c1-11(18(28)24-16-14(21)8-5-9-15(16)22)30-20-25-17-13(19(29)26-20)10-23-27(17)12-6-3-2-4-7-12/h2-11H,1H3,(H,24,28)(H,25,26,29). The summed E-state index contributed by atoms with van der Waals surface area (Å²) in [5.41, 5.74) is 0.133. The van der Waals surface area contributed by atoms with Gasteiger partial charge in [-0.05, 0) is 31.2 Å². The first-order chi connectivity index (χ1) is 14.4. The molecule has 1 unspecified atom stereocenters. The number of rotatable bonds is 5. The Morgan fingerprint density at radius 1 is 1.13 bits per heavy atom. The molecule has 2 aromatic carbocycles. The fourth-order valence-corrected chi connectivity index (χ4v) is 3.57. The summed E-state index contributed by atoms with van der Waals surface area (Å²) < 4.78 is 29.1. The number of amides is 1.